The van der Waals surface area contributed by atoms with Gasteiger partial charge in [-0.15, -0.1) is 0 Å². The van der Waals surface area contributed by atoms with Crippen LogP contribution in [0.5, 0.6) is 11.5 Å². The maximum Gasteiger partial charge on any atom is 0.198 e. The average Bonchev–Trinajstić information content (AvgIpc) is 2.17. The van der Waals surface area contributed by atoms with Crippen LogP contribution in [0.2, 0.25) is 0 Å². The van der Waals surface area contributed by atoms with Crippen LogP contribution in [0.4, 0.5) is 4.39 Å². The van der Waals surface area contributed by atoms with E-state index < -0.39 is 5.82 Å². The highest BCUT2D eigenvalue weighted by Crippen LogP contribution is 2.31. The molecule has 0 heterocycles. The van der Waals surface area contributed by atoms with Crippen LogP contribution in [0, 0.1) is 17.1 Å². The van der Waals surface area contributed by atoms with Gasteiger partial charge in [-0.05, 0) is 12.1 Å². The Morgan fingerprint density at radius 1 is 1.31 bits per heavy atom. The SMILES string of the molecule is COc1ccc(C#N)c(F)c1OC. The largest absolute Gasteiger partial charge is 0.493 e. The highest BCUT2D eigenvalue weighted by Gasteiger charge is 2.13. The van der Waals surface area contributed by atoms with Gasteiger partial charge in [0.2, 0.25) is 0 Å². The molecule has 0 saturated carbocycles. The van der Waals surface area contributed by atoms with Crippen molar-refractivity contribution in [2.75, 3.05) is 14.2 Å². The van der Waals surface area contributed by atoms with Gasteiger partial charge in [-0.25, -0.2) is 4.39 Å². The number of hydrogen-bond acceptors (Lipinski definition) is 3. The molecular formula is C9H8FNO2. The van der Waals surface area contributed by atoms with Crippen LogP contribution < -0.4 is 9.47 Å². The highest BCUT2D eigenvalue weighted by atomic mass is 19.1. The third kappa shape index (κ3) is 1.54. The van der Waals surface area contributed by atoms with Gasteiger partial charge in [0.1, 0.15) is 6.07 Å². The molecule has 0 aliphatic heterocycles. The standard InChI is InChI=1S/C9H8FNO2/c1-12-7-4-3-6(5-11)8(10)9(7)13-2/h3-4H,1-2H3. The van der Waals surface area contributed by atoms with Gasteiger partial charge in [0.15, 0.2) is 17.3 Å². The molecule has 68 valence electrons. The van der Waals surface area contributed by atoms with E-state index in [1.165, 1.54) is 26.4 Å². The van der Waals surface area contributed by atoms with Gasteiger partial charge in [-0.1, -0.05) is 0 Å². The number of halogens is 1. The second-order valence-electron chi connectivity index (χ2n) is 2.27. The van der Waals surface area contributed by atoms with E-state index in [-0.39, 0.29) is 17.1 Å². The Kier molecular flexibility index (Phi) is 2.70. The van der Waals surface area contributed by atoms with Crippen molar-refractivity contribution in [2.45, 2.75) is 0 Å². The summed E-state index contributed by atoms with van der Waals surface area (Å²) in [7, 11) is 2.73. The van der Waals surface area contributed by atoms with Crippen molar-refractivity contribution >= 4 is 0 Å². The van der Waals surface area contributed by atoms with Crippen LogP contribution in [-0.4, -0.2) is 14.2 Å². The summed E-state index contributed by atoms with van der Waals surface area (Å²) in [5.74, 6) is -0.454. The summed E-state index contributed by atoms with van der Waals surface area (Å²) < 4.78 is 22.9. The van der Waals surface area contributed by atoms with Crippen LogP contribution in [-0.2, 0) is 0 Å². The molecule has 0 N–H and O–H groups in total. The Morgan fingerprint density at radius 2 is 2.00 bits per heavy atom. The van der Waals surface area contributed by atoms with E-state index in [1.807, 2.05) is 0 Å². The van der Waals surface area contributed by atoms with Crippen molar-refractivity contribution in [3.63, 3.8) is 0 Å². The van der Waals surface area contributed by atoms with Crippen LogP contribution in [0.25, 0.3) is 0 Å². The van der Waals surface area contributed by atoms with E-state index in [2.05, 4.69) is 0 Å². The van der Waals surface area contributed by atoms with Gasteiger partial charge in [0.05, 0.1) is 19.8 Å². The smallest absolute Gasteiger partial charge is 0.198 e. The first-order valence-corrected chi connectivity index (χ1v) is 3.55. The van der Waals surface area contributed by atoms with Crippen LogP contribution >= 0.6 is 0 Å². The van der Waals surface area contributed by atoms with Gasteiger partial charge in [-0.2, -0.15) is 5.26 Å². The Balaban J connectivity index is 3.34. The molecule has 1 aromatic rings. The van der Waals surface area contributed by atoms with E-state index in [0.29, 0.717) is 0 Å². The molecule has 0 atom stereocenters. The second-order valence-corrected chi connectivity index (χ2v) is 2.27. The molecule has 0 fully saturated rings. The molecular weight excluding hydrogens is 173 g/mol. The molecule has 0 unspecified atom stereocenters. The number of benzene rings is 1. The third-order valence-electron chi connectivity index (χ3n) is 1.61. The summed E-state index contributed by atoms with van der Waals surface area (Å²) in [4.78, 5) is 0. The normalized spacial score (nSPS) is 9.08. The summed E-state index contributed by atoms with van der Waals surface area (Å²) in [5.41, 5.74) is -0.0577. The van der Waals surface area contributed by atoms with E-state index in [0.717, 1.165) is 0 Å². The quantitative estimate of drug-likeness (QED) is 0.697. The summed E-state index contributed by atoms with van der Waals surface area (Å²) in [6.07, 6.45) is 0. The number of ether oxygens (including phenoxy) is 2. The Labute approximate surface area is 75.3 Å². The minimum absolute atomic E-state index is 0.0402. The maximum absolute atomic E-state index is 13.3. The zero-order chi connectivity index (χ0) is 9.84. The average molecular weight is 181 g/mol. The van der Waals surface area contributed by atoms with Crippen LogP contribution in [0.15, 0.2) is 12.1 Å². The molecule has 0 spiro atoms. The fourth-order valence-corrected chi connectivity index (χ4v) is 0.976. The lowest BCUT2D eigenvalue weighted by Gasteiger charge is -2.08. The van der Waals surface area contributed by atoms with Gasteiger partial charge < -0.3 is 9.47 Å². The van der Waals surface area contributed by atoms with Crippen LogP contribution in [0.3, 0.4) is 0 Å². The topological polar surface area (TPSA) is 42.2 Å². The first-order chi connectivity index (χ1) is 6.24. The zero-order valence-electron chi connectivity index (χ0n) is 7.30. The summed E-state index contributed by atoms with van der Waals surface area (Å²) in [6.45, 7) is 0. The molecule has 0 bridgehead atoms. The maximum atomic E-state index is 13.3. The lowest BCUT2D eigenvalue weighted by Crippen LogP contribution is -1.95. The van der Waals surface area contributed by atoms with E-state index in [1.54, 1.807) is 6.07 Å². The molecule has 0 saturated heterocycles. The first kappa shape index (κ1) is 9.33. The minimum atomic E-state index is -0.690. The van der Waals surface area contributed by atoms with Gasteiger partial charge in [0, 0.05) is 0 Å². The summed E-state index contributed by atoms with van der Waals surface area (Å²) in [5, 5.41) is 8.52. The lowest BCUT2D eigenvalue weighted by atomic mass is 10.2. The molecule has 13 heavy (non-hydrogen) atoms. The van der Waals surface area contributed by atoms with E-state index in [4.69, 9.17) is 14.7 Å². The van der Waals surface area contributed by atoms with Gasteiger partial charge in [-0.3, -0.25) is 0 Å². The van der Waals surface area contributed by atoms with Crippen molar-refractivity contribution in [1.29, 1.82) is 5.26 Å². The van der Waals surface area contributed by atoms with Crippen molar-refractivity contribution in [3.05, 3.63) is 23.5 Å². The van der Waals surface area contributed by atoms with Crippen molar-refractivity contribution in [3.8, 4) is 17.6 Å². The number of methoxy groups -OCH3 is 2. The predicted octanol–water partition coefficient (Wildman–Crippen LogP) is 1.71. The van der Waals surface area contributed by atoms with Crippen molar-refractivity contribution < 1.29 is 13.9 Å². The molecule has 0 radical (unpaired) electrons. The highest BCUT2D eigenvalue weighted by molar-refractivity contribution is 5.48. The van der Waals surface area contributed by atoms with Gasteiger partial charge >= 0.3 is 0 Å². The third-order valence-corrected chi connectivity index (χ3v) is 1.61. The monoisotopic (exact) mass is 181 g/mol. The molecule has 3 nitrogen and oxygen atoms in total. The molecule has 0 amide bonds. The molecule has 0 aromatic heterocycles. The Morgan fingerprint density at radius 3 is 2.46 bits per heavy atom. The Bertz CT molecular complexity index is 357. The second kappa shape index (κ2) is 3.76. The number of nitrogens with zero attached hydrogens (tertiary/aromatic N) is 1. The fraction of sp³-hybridized carbons (Fsp3) is 0.222. The lowest BCUT2D eigenvalue weighted by molar-refractivity contribution is 0.337. The fourth-order valence-electron chi connectivity index (χ4n) is 0.976. The number of nitriles is 1. The number of hydrogen-bond donors (Lipinski definition) is 0. The van der Waals surface area contributed by atoms with Crippen LogP contribution in [0.1, 0.15) is 5.56 Å². The molecule has 0 aliphatic rings. The van der Waals surface area contributed by atoms with Crippen molar-refractivity contribution in [2.24, 2.45) is 0 Å². The van der Waals surface area contributed by atoms with E-state index >= 15 is 0 Å². The Hall–Kier alpha value is -1.76. The summed E-state index contributed by atoms with van der Waals surface area (Å²) >= 11 is 0. The molecule has 1 aromatic carbocycles. The van der Waals surface area contributed by atoms with Crippen molar-refractivity contribution in [1.82, 2.24) is 0 Å². The minimum Gasteiger partial charge on any atom is -0.493 e. The summed E-state index contributed by atoms with van der Waals surface area (Å²) in [6, 6.07) is 4.54. The first-order valence-electron chi connectivity index (χ1n) is 3.55. The van der Waals surface area contributed by atoms with E-state index in [9.17, 15) is 4.39 Å². The van der Waals surface area contributed by atoms with Gasteiger partial charge in [0.25, 0.3) is 0 Å². The molecule has 1 rings (SSSR count). The predicted molar refractivity (Wildman–Crippen MR) is 44.2 cm³/mol. The number of rotatable bonds is 2. The zero-order valence-corrected chi connectivity index (χ0v) is 7.30. The molecule has 4 heteroatoms. The molecule has 0 aliphatic carbocycles.